The average Bonchev–Trinajstić information content (AvgIpc) is 3.17. The summed E-state index contributed by atoms with van der Waals surface area (Å²) in [6, 6.07) is 11.4. The smallest absolute Gasteiger partial charge is 0.298 e. The van der Waals surface area contributed by atoms with Crippen molar-refractivity contribution in [1.29, 1.82) is 0 Å². The molecule has 2 N–H and O–H groups in total. The van der Waals surface area contributed by atoms with E-state index in [1.54, 1.807) is 23.6 Å². The van der Waals surface area contributed by atoms with E-state index in [4.69, 9.17) is 0 Å². The number of carbonyl (C=O) groups excluding carboxylic acids is 1. The number of aromatic nitrogens is 2. The Labute approximate surface area is 172 Å². The van der Waals surface area contributed by atoms with E-state index >= 15 is 0 Å². The lowest BCUT2D eigenvalue weighted by atomic mass is 10.1. The van der Waals surface area contributed by atoms with Crippen LogP contribution in [0.2, 0.25) is 0 Å². The highest BCUT2D eigenvalue weighted by Gasteiger charge is 2.12. The normalized spacial score (nSPS) is 14.5. The van der Waals surface area contributed by atoms with Crippen molar-refractivity contribution < 1.29 is 9.18 Å². The zero-order valence-corrected chi connectivity index (χ0v) is 16.7. The van der Waals surface area contributed by atoms with Gasteiger partial charge in [-0.15, -0.1) is 11.3 Å². The molecule has 0 unspecified atom stereocenters. The number of nitrogens with zero attached hydrogens (tertiary/aromatic N) is 3. The van der Waals surface area contributed by atoms with Crippen molar-refractivity contribution in [1.82, 2.24) is 14.9 Å². The minimum atomic E-state index is -0.413. The quantitative estimate of drug-likeness (QED) is 0.622. The highest BCUT2D eigenvalue weighted by Crippen LogP contribution is 2.26. The fourth-order valence-electron chi connectivity index (χ4n) is 3.33. The Morgan fingerprint density at radius 3 is 2.66 bits per heavy atom. The first-order valence-corrected chi connectivity index (χ1v) is 10.5. The number of rotatable bonds is 5. The molecule has 0 aliphatic carbocycles. The Bertz CT molecular complexity index is 986. The molecule has 3 aromatic rings. The van der Waals surface area contributed by atoms with Gasteiger partial charge >= 0.3 is 6.03 Å². The molecule has 0 bridgehead atoms. The molecule has 0 atom stereocenters. The van der Waals surface area contributed by atoms with Crippen molar-refractivity contribution in [3.05, 3.63) is 59.4 Å². The molecular weight excluding hydrogens is 389 g/mol. The van der Waals surface area contributed by atoms with Gasteiger partial charge < -0.3 is 0 Å². The lowest BCUT2D eigenvalue weighted by molar-refractivity contribution is 0.218. The maximum absolute atomic E-state index is 13.4. The van der Waals surface area contributed by atoms with Crippen LogP contribution in [0, 0.1) is 5.82 Å². The van der Waals surface area contributed by atoms with Gasteiger partial charge in [-0.2, -0.15) is 0 Å². The number of amides is 2. The van der Waals surface area contributed by atoms with Crippen molar-refractivity contribution in [2.45, 2.75) is 25.8 Å². The number of hydrogen-bond acceptors (Lipinski definition) is 5. The second kappa shape index (κ2) is 9.11. The SMILES string of the molecule is O=C(Nc1cccc(CN2CCCCC2)n1)Nc1csc(-c2cccc(F)c2)n1. The van der Waals surface area contributed by atoms with E-state index in [9.17, 15) is 9.18 Å². The van der Waals surface area contributed by atoms with Crippen LogP contribution in [0.1, 0.15) is 25.0 Å². The summed E-state index contributed by atoms with van der Waals surface area (Å²) in [5, 5.41) is 7.81. The fraction of sp³-hybridized carbons (Fsp3) is 0.286. The van der Waals surface area contributed by atoms with E-state index in [1.807, 2.05) is 12.1 Å². The first-order chi connectivity index (χ1) is 14.2. The molecule has 2 aromatic heterocycles. The molecule has 0 spiro atoms. The van der Waals surface area contributed by atoms with Crippen LogP contribution < -0.4 is 10.6 Å². The Morgan fingerprint density at radius 2 is 1.83 bits per heavy atom. The van der Waals surface area contributed by atoms with E-state index in [0.717, 1.165) is 25.3 Å². The van der Waals surface area contributed by atoms with E-state index in [2.05, 4.69) is 25.5 Å². The molecule has 1 fully saturated rings. The van der Waals surface area contributed by atoms with Gasteiger partial charge in [0.1, 0.15) is 22.5 Å². The molecule has 150 valence electrons. The van der Waals surface area contributed by atoms with Crippen molar-refractivity contribution >= 4 is 29.0 Å². The summed E-state index contributed by atoms with van der Waals surface area (Å²) >= 11 is 1.34. The van der Waals surface area contributed by atoms with Crippen LogP contribution in [0.5, 0.6) is 0 Å². The van der Waals surface area contributed by atoms with Gasteiger partial charge in [0.15, 0.2) is 0 Å². The summed E-state index contributed by atoms with van der Waals surface area (Å²) in [7, 11) is 0. The Kier molecular flexibility index (Phi) is 6.12. The fourth-order valence-corrected chi connectivity index (χ4v) is 4.08. The number of carbonyl (C=O) groups is 1. The summed E-state index contributed by atoms with van der Waals surface area (Å²) in [5.74, 6) is 0.592. The average molecular weight is 412 g/mol. The van der Waals surface area contributed by atoms with Crippen LogP contribution in [0.3, 0.4) is 0 Å². The Balaban J connectivity index is 1.35. The van der Waals surface area contributed by atoms with Crippen molar-refractivity contribution in [3.8, 4) is 10.6 Å². The van der Waals surface area contributed by atoms with Gasteiger partial charge in [0.25, 0.3) is 0 Å². The molecule has 2 amide bonds. The zero-order chi connectivity index (χ0) is 20.1. The molecule has 1 aliphatic heterocycles. The lowest BCUT2D eigenvalue weighted by Crippen LogP contribution is -2.29. The van der Waals surface area contributed by atoms with E-state index in [-0.39, 0.29) is 5.82 Å². The number of likely N-dealkylation sites (tertiary alicyclic amines) is 1. The van der Waals surface area contributed by atoms with E-state index in [0.29, 0.717) is 22.2 Å². The number of halogens is 1. The topological polar surface area (TPSA) is 70.2 Å². The van der Waals surface area contributed by atoms with Crippen LogP contribution >= 0.6 is 11.3 Å². The number of anilines is 2. The van der Waals surface area contributed by atoms with Crippen LogP contribution in [0.4, 0.5) is 20.8 Å². The molecule has 4 rings (SSSR count). The molecule has 8 heteroatoms. The van der Waals surface area contributed by atoms with Gasteiger partial charge in [-0.3, -0.25) is 15.5 Å². The number of piperidine rings is 1. The Morgan fingerprint density at radius 1 is 1.03 bits per heavy atom. The van der Waals surface area contributed by atoms with Crippen molar-refractivity contribution in [3.63, 3.8) is 0 Å². The van der Waals surface area contributed by atoms with Gasteiger partial charge in [-0.25, -0.2) is 19.2 Å². The van der Waals surface area contributed by atoms with Gasteiger partial charge in [0.05, 0.1) is 5.69 Å². The highest BCUT2D eigenvalue weighted by molar-refractivity contribution is 7.13. The number of hydrogen-bond donors (Lipinski definition) is 2. The van der Waals surface area contributed by atoms with E-state index < -0.39 is 6.03 Å². The minimum Gasteiger partial charge on any atom is -0.298 e. The van der Waals surface area contributed by atoms with Crippen molar-refractivity contribution in [2.24, 2.45) is 0 Å². The number of benzene rings is 1. The molecule has 29 heavy (non-hydrogen) atoms. The second-order valence-corrected chi connectivity index (χ2v) is 7.84. The second-order valence-electron chi connectivity index (χ2n) is 6.98. The summed E-state index contributed by atoms with van der Waals surface area (Å²) in [4.78, 5) is 23.6. The standard InChI is InChI=1S/C21H22FN5OS/c22-16-7-4-6-15(12-16)20-24-19(14-29-20)26-21(28)25-18-9-5-8-17(23-18)13-27-10-2-1-3-11-27/h4-9,12,14H,1-3,10-11,13H2,(H2,23,25,26,28). The summed E-state index contributed by atoms with van der Waals surface area (Å²) in [5.41, 5.74) is 1.61. The number of pyridine rings is 1. The largest absolute Gasteiger partial charge is 0.326 e. The van der Waals surface area contributed by atoms with E-state index in [1.165, 1.54) is 42.7 Å². The third kappa shape index (κ3) is 5.36. The molecular formula is C21H22FN5OS. The molecule has 0 radical (unpaired) electrons. The van der Waals surface area contributed by atoms with Crippen molar-refractivity contribution in [2.75, 3.05) is 23.7 Å². The molecule has 0 saturated carbocycles. The first-order valence-electron chi connectivity index (χ1n) is 9.63. The first kappa shape index (κ1) is 19.5. The van der Waals surface area contributed by atoms with Gasteiger partial charge in [-0.1, -0.05) is 24.6 Å². The summed E-state index contributed by atoms with van der Waals surface area (Å²) in [6.07, 6.45) is 3.75. The highest BCUT2D eigenvalue weighted by atomic mass is 32.1. The zero-order valence-electron chi connectivity index (χ0n) is 15.9. The van der Waals surface area contributed by atoms with Gasteiger partial charge in [0.2, 0.25) is 0 Å². The predicted molar refractivity (Wildman–Crippen MR) is 114 cm³/mol. The van der Waals surface area contributed by atoms with Crippen LogP contribution in [0.15, 0.2) is 47.8 Å². The number of thiazole rings is 1. The summed E-state index contributed by atoms with van der Waals surface area (Å²) in [6.45, 7) is 2.98. The third-order valence-electron chi connectivity index (χ3n) is 4.70. The number of nitrogens with one attached hydrogen (secondary N) is 2. The maximum Gasteiger partial charge on any atom is 0.326 e. The van der Waals surface area contributed by atoms with Gasteiger partial charge in [-0.05, 0) is 50.2 Å². The third-order valence-corrected chi connectivity index (χ3v) is 5.59. The molecule has 6 nitrogen and oxygen atoms in total. The lowest BCUT2D eigenvalue weighted by Gasteiger charge is -2.26. The van der Waals surface area contributed by atoms with Crippen LogP contribution in [-0.4, -0.2) is 34.0 Å². The summed E-state index contributed by atoms with van der Waals surface area (Å²) < 4.78 is 13.4. The van der Waals surface area contributed by atoms with Gasteiger partial charge in [0, 0.05) is 17.5 Å². The predicted octanol–water partition coefficient (Wildman–Crippen LogP) is 4.97. The molecule has 3 heterocycles. The monoisotopic (exact) mass is 411 g/mol. The number of urea groups is 1. The van der Waals surface area contributed by atoms with Crippen LogP contribution in [-0.2, 0) is 6.54 Å². The Hall–Kier alpha value is -2.84. The maximum atomic E-state index is 13.4. The molecule has 1 aromatic carbocycles. The van der Waals surface area contributed by atoms with Crippen LogP contribution in [0.25, 0.3) is 10.6 Å². The molecule has 1 saturated heterocycles. The molecule has 1 aliphatic rings. The minimum absolute atomic E-state index is 0.319.